The van der Waals surface area contributed by atoms with Crippen LogP contribution in [0.2, 0.25) is 0 Å². The van der Waals surface area contributed by atoms with Gasteiger partial charge in [0.15, 0.2) is 11.5 Å². The molecular formula is C32H34N2O6. The smallest absolute Gasteiger partial charge is 0.241 e. The number of hydrogen-bond donors (Lipinski definition) is 1. The van der Waals surface area contributed by atoms with E-state index >= 15 is 0 Å². The first-order valence-corrected chi connectivity index (χ1v) is 14.2. The number of benzene rings is 2. The minimum atomic E-state index is -1.13. The molecule has 2 heterocycles. The summed E-state index contributed by atoms with van der Waals surface area (Å²) in [6.45, 7) is 6.35. The molecule has 8 nitrogen and oxygen atoms in total. The Hall–Kier alpha value is -3.94. The van der Waals surface area contributed by atoms with Gasteiger partial charge in [-0.15, -0.1) is 0 Å². The van der Waals surface area contributed by atoms with Gasteiger partial charge in [-0.2, -0.15) is 0 Å². The number of phenols is 1. The number of para-hydroxylation sites is 1. The zero-order valence-electron chi connectivity index (χ0n) is 23.0. The second-order valence-electron chi connectivity index (χ2n) is 11.5. The van der Waals surface area contributed by atoms with Gasteiger partial charge in [0.25, 0.3) is 0 Å². The third-order valence-corrected chi connectivity index (χ3v) is 9.44. The number of ether oxygens (including phenoxy) is 1. The molecule has 2 saturated heterocycles. The SMILES string of the molecule is CCCN1C(=O)C2CC=C3C(CC4C(=O)N(c5ccccc5)C(=O)C4(C)C3c3ccc(O)c(OCC)c3)C2C1=O. The Kier molecular flexibility index (Phi) is 6.32. The Labute approximate surface area is 233 Å². The van der Waals surface area contributed by atoms with Crippen molar-refractivity contribution >= 4 is 29.3 Å². The van der Waals surface area contributed by atoms with Gasteiger partial charge in [-0.1, -0.05) is 42.8 Å². The molecule has 2 aromatic carbocycles. The third-order valence-electron chi connectivity index (χ3n) is 9.44. The van der Waals surface area contributed by atoms with E-state index in [-0.39, 0.29) is 35.3 Å². The van der Waals surface area contributed by atoms with E-state index in [1.54, 1.807) is 42.5 Å². The second kappa shape index (κ2) is 9.61. The molecule has 4 aliphatic rings. The molecule has 1 saturated carbocycles. The van der Waals surface area contributed by atoms with Crippen LogP contribution in [0.5, 0.6) is 11.5 Å². The highest BCUT2D eigenvalue weighted by molar-refractivity contribution is 6.24. The van der Waals surface area contributed by atoms with E-state index in [1.165, 1.54) is 9.80 Å². The summed E-state index contributed by atoms with van der Waals surface area (Å²) < 4.78 is 5.69. The fourth-order valence-electron chi connectivity index (χ4n) is 7.71. The van der Waals surface area contributed by atoms with Crippen molar-refractivity contribution in [1.82, 2.24) is 4.90 Å². The maximum atomic E-state index is 14.4. The summed E-state index contributed by atoms with van der Waals surface area (Å²) >= 11 is 0. The van der Waals surface area contributed by atoms with Crippen molar-refractivity contribution in [2.24, 2.45) is 29.1 Å². The van der Waals surface area contributed by atoms with Crippen molar-refractivity contribution in [3.8, 4) is 11.5 Å². The van der Waals surface area contributed by atoms with Crippen molar-refractivity contribution in [3.05, 3.63) is 65.7 Å². The number of carbonyl (C=O) groups excluding carboxylic acids is 4. The van der Waals surface area contributed by atoms with E-state index in [9.17, 15) is 24.3 Å². The first-order valence-electron chi connectivity index (χ1n) is 14.2. The van der Waals surface area contributed by atoms with Crippen molar-refractivity contribution in [1.29, 1.82) is 0 Å². The third kappa shape index (κ3) is 3.57. The Bertz CT molecular complexity index is 1430. The lowest BCUT2D eigenvalue weighted by Gasteiger charge is -2.49. The number of aromatic hydroxyl groups is 1. The van der Waals surface area contributed by atoms with E-state index in [2.05, 4.69) is 0 Å². The van der Waals surface area contributed by atoms with E-state index in [0.717, 1.165) is 11.1 Å². The van der Waals surface area contributed by atoms with Crippen LogP contribution in [0.25, 0.3) is 0 Å². The van der Waals surface area contributed by atoms with Crippen LogP contribution in [0.3, 0.4) is 0 Å². The van der Waals surface area contributed by atoms with Crippen molar-refractivity contribution in [2.75, 3.05) is 18.1 Å². The molecule has 0 spiro atoms. The molecule has 40 heavy (non-hydrogen) atoms. The molecule has 0 aromatic heterocycles. The van der Waals surface area contributed by atoms with Crippen molar-refractivity contribution in [3.63, 3.8) is 0 Å². The van der Waals surface area contributed by atoms with Crippen molar-refractivity contribution < 1.29 is 29.0 Å². The van der Waals surface area contributed by atoms with Crippen LogP contribution in [-0.2, 0) is 19.2 Å². The highest BCUT2D eigenvalue weighted by Crippen LogP contribution is 2.63. The fourth-order valence-corrected chi connectivity index (χ4v) is 7.71. The minimum absolute atomic E-state index is 0.0103. The van der Waals surface area contributed by atoms with Gasteiger partial charge in [-0.3, -0.25) is 24.1 Å². The molecule has 0 bridgehead atoms. The molecule has 4 amide bonds. The van der Waals surface area contributed by atoms with Crippen LogP contribution in [0.15, 0.2) is 60.2 Å². The molecular weight excluding hydrogens is 508 g/mol. The van der Waals surface area contributed by atoms with E-state index in [0.29, 0.717) is 43.9 Å². The Morgan fingerprint density at radius 2 is 1.73 bits per heavy atom. The van der Waals surface area contributed by atoms with Gasteiger partial charge in [0, 0.05) is 12.5 Å². The van der Waals surface area contributed by atoms with Gasteiger partial charge < -0.3 is 9.84 Å². The zero-order chi connectivity index (χ0) is 28.3. The second-order valence-corrected chi connectivity index (χ2v) is 11.5. The van der Waals surface area contributed by atoms with Crippen LogP contribution < -0.4 is 9.64 Å². The van der Waals surface area contributed by atoms with Crippen LogP contribution in [0.4, 0.5) is 5.69 Å². The average Bonchev–Trinajstić information content (AvgIpc) is 3.30. The minimum Gasteiger partial charge on any atom is -0.504 e. The largest absolute Gasteiger partial charge is 0.504 e. The first-order chi connectivity index (χ1) is 19.2. The average molecular weight is 543 g/mol. The molecule has 3 fully saturated rings. The van der Waals surface area contributed by atoms with Gasteiger partial charge in [0.05, 0.1) is 35.5 Å². The topological polar surface area (TPSA) is 104 Å². The summed E-state index contributed by atoms with van der Waals surface area (Å²) in [6.07, 6.45) is 3.45. The molecule has 6 rings (SSSR count). The van der Waals surface area contributed by atoms with Gasteiger partial charge in [-0.05, 0) is 68.9 Å². The summed E-state index contributed by atoms with van der Waals surface area (Å²) in [5, 5.41) is 10.4. The number of rotatable bonds is 6. The summed E-state index contributed by atoms with van der Waals surface area (Å²) in [6, 6.07) is 14.0. The van der Waals surface area contributed by atoms with Gasteiger partial charge in [0.2, 0.25) is 23.6 Å². The quantitative estimate of drug-likeness (QED) is 0.428. The first kappa shape index (κ1) is 26.3. The molecule has 2 aliphatic heterocycles. The highest BCUT2D eigenvalue weighted by Gasteiger charge is 2.67. The number of carbonyl (C=O) groups is 4. The number of phenolic OH excluding ortho intramolecular Hbond substituents is 1. The molecule has 6 atom stereocenters. The summed E-state index contributed by atoms with van der Waals surface area (Å²) in [5.41, 5.74) is 1.05. The lowest BCUT2D eigenvalue weighted by Crippen LogP contribution is -2.48. The Morgan fingerprint density at radius 1 is 0.975 bits per heavy atom. The number of fused-ring (bicyclic) bond motifs is 4. The Morgan fingerprint density at radius 3 is 2.42 bits per heavy atom. The van der Waals surface area contributed by atoms with Crippen LogP contribution in [0.1, 0.15) is 51.5 Å². The molecule has 2 aromatic rings. The predicted octanol–water partition coefficient (Wildman–Crippen LogP) is 4.43. The van der Waals surface area contributed by atoms with Crippen molar-refractivity contribution in [2.45, 2.75) is 46.0 Å². The molecule has 2 aliphatic carbocycles. The summed E-state index contributed by atoms with van der Waals surface area (Å²) in [5.74, 6) is -3.16. The van der Waals surface area contributed by atoms with E-state index < -0.39 is 29.1 Å². The number of amides is 4. The lowest BCUT2D eigenvalue weighted by molar-refractivity contribution is -0.140. The number of hydrogen-bond acceptors (Lipinski definition) is 6. The number of nitrogens with zero attached hydrogens (tertiary/aromatic N) is 2. The van der Waals surface area contributed by atoms with Crippen LogP contribution in [-0.4, -0.2) is 46.8 Å². The molecule has 0 radical (unpaired) electrons. The Balaban J connectivity index is 1.52. The zero-order valence-corrected chi connectivity index (χ0v) is 23.0. The molecule has 8 heteroatoms. The van der Waals surface area contributed by atoms with Gasteiger partial charge >= 0.3 is 0 Å². The van der Waals surface area contributed by atoms with Gasteiger partial charge in [-0.25, -0.2) is 4.90 Å². The van der Waals surface area contributed by atoms with Crippen LogP contribution >= 0.6 is 0 Å². The standard InChI is InChI=1S/C32H34N2O6/c1-4-15-33-28(36)21-13-12-20-22(26(21)30(33)38)17-23-29(37)34(19-9-7-6-8-10-19)31(39)32(23,3)27(20)18-11-14-24(35)25(16-18)40-5-2/h6-12,14,16,21-23,26-27,35H,4-5,13,15,17H2,1-3H3. The number of anilines is 1. The summed E-state index contributed by atoms with van der Waals surface area (Å²) in [4.78, 5) is 58.1. The van der Waals surface area contributed by atoms with E-state index in [1.807, 2.05) is 32.9 Å². The monoisotopic (exact) mass is 542 g/mol. The summed E-state index contributed by atoms with van der Waals surface area (Å²) in [7, 11) is 0. The molecule has 208 valence electrons. The number of likely N-dealkylation sites (tertiary alicyclic amines) is 1. The van der Waals surface area contributed by atoms with Gasteiger partial charge in [0.1, 0.15) is 0 Å². The highest BCUT2D eigenvalue weighted by atomic mass is 16.5. The molecule has 1 N–H and O–H groups in total. The predicted molar refractivity (Wildman–Crippen MR) is 147 cm³/mol. The maximum Gasteiger partial charge on any atom is 0.241 e. The normalized spacial score (nSPS) is 31.2. The molecule has 6 unspecified atom stereocenters. The fraction of sp³-hybridized carbons (Fsp3) is 0.438. The maximum absolute atomic E-state index is 14.4. The van der Waals surface area contributed by atoms with Crippen LogP contribution in [0, 0.1) is 29.1 Å². The number of imide groups is 2. The lowest BCUT2D eigenvalue weighted by atomic mass is 9.51. The number of allylic oxidation sites excluding steroid dienone is 2. The van der Waals surface area contributed by atoms with E-state index in [4.69, 9.17) is 4.74 Å².